The first kappa shape index (κ1) is 18.4. The molecule has 0 bridgehead atoms. The first-order valence-electron chi connectivity index (χ1n) is 7.89. The molecule has 0 aromatic heterocycles. The van der Waals surface area contributed by atoms with Crippen molar-refractivity contribution in [1.29, 1.82) is 0 Å². The van der Waals surface area contributed by atoms with Crippen LogP contribution in [0.2, 0.25) is 0 Å². The van der Waals surface area contributed by atoms with Crippen molar-refractivity contribution in [2.24, 2.45) is 5.10 Å². The van der Waals surface area contributed by atoms with Crippen LogP contribution in [-0.2, 0) is 19.6 Å². The number of rotatable bonds is 3. The van der Waals surface area contributed by atoms with Crippen LogP contribution in [0.5, 0.6) is 0 Å². The van der Waals surface area contributed by atoms with E-state index < -0.39 is 26.6 Å². The molecule has 2 aliphatic rings. The summed E-state index contributed by atoms with van der Waals surface area (Å²) < 4.78 is 53.2. The Hall–Kier alpha value is -2.40. The van der Waals surface area contributed by atoms with Crippen LogP contribution in [0.15, 0.2) is 28.2 Å². The SMILES string of the molecule is O=C1CCC(C(=O)N2CCN(S(=O)(=O)c3cc(F)ccc3F)CC2)=NN1. The number of amides is 2. The predicted octanol–water partition coefficient (Wildman–Crippen LogP) is 0.0637. The first-order valence-corrected chi connectivity index (χ1v) is 9.33. The van der Waals surface area contributed by atoms with E-state index in [1.807, 2.05) is 0 Å². The summed E-state index contributed by atoms with van der Waals surface area (Å²) in [5.41, 5.74) is 2.44. The van der Waals surface area contributed by atoms with Crippen molar-refractivity contribution in [2.45, 2.75) is 17.7 Å². The van der Waals surface area contributed by atoms with E-state index in [0.717, 1.165) is 16.4 Å². The normalized spacial score (nSPS) is 19.1. The summed E-state index contributed by atoms with van der Waals surface area (Å²) in [5, 5.41) is 3.73. The van der Waals surface area contributed by atoms with Gasteiger partial charge in [-0.25, -0.2) is 22.6 Å². The minimum atomic E-state index is -4.20. The molecule has 140 valence electrons. The minimum Gasteiger partial charge on any atom is -0.335 e. The maximum absolute atomic E-state index is 13.8. The lowest BCUT2D eigenvalue weighted by Gasteiger charge is -2.34. The zero-order valence-corrected chi connectivity index (χ0v) is 14.4. The molecule has 0 unspecified atom stereocenters. The summed E-state index contributed by atoms with van der Waals surface area (Å²) in [5.74, 6) is -2.53. The molecule has 2 heterocycles. The number of nitrogens with zero attached hydrogens (tertiary/aromatic N) is 3. The summed E-state index contributed by atoms with van der Waals surface area (Å²) in [7, 11) is -4.20. The van der Waals surface area contributed by atoms with E-state index >= 15 is 0 Å². The smallest absolute Gasteiger partial charge is 0.270 e. The Morgan fingerprint density at radius 1 is 1.12 bits per heavy atom. The second-order valence-electron chi connectivity index (χ2n) is 5.86. The fourth-order valence-corrected chi connectivity index (χ4v) is 4.25. The fraction of sp³-hybridized carbons (Fsp3) is 0.400. The van der Waals surface area contributed by atoms with Gasteiger partial charge in [-0.3, -0.25) is 9.59 Å². The van der Waals surface area contributed by atoms with Crippen LogP contribution in [0.4, 0.5) is 8.78 Å². The average Bonchev–Trinajstić information content (AvgIpc) is 2.64. The van der Waals surface area contributed by atoms with Gasteiger partial charge < -0.3 is 4.90 Å². The number of halogens is 2. The highest BCUT2D eigenvalue weighted by Gasteiger charge is 2.33. The Morgan fingerprint density at radius 2 is 1.81 bits per heavy atom. The number of benzene rings is 1. The summed E-state index contributed by atoms with van der Waals surface area (Å²) >= 11 is 0. The molecule has 3 rings (SSSR count). The number of hydrazone groups is 1. The highest BCUT2D eigenvalue weighted by atomic mass is 32.2. The van der Waals surface area contributed by atoms with E-state index in [0.29, 0.717) is 6.07 Å². The van der Waals surface area contributed by atoms with Crippen LogP contribution in [0, 0.1) is 11.6 Å². The van der Waals surface area contributed by atoms with E-state index in [2.05, 4.69) is 10.5 Å². The second-order valence-corrected chi connectivity index (χ2v) is 7.77. The molecule has 0 spiro atoms. The fourth-order valence-electron chi connectivity index (χ4n) is 2.76. The molecule has 2 aliphatic heterocycles. The van der Waals surface area contributed by atoms with Crippen molar-refractivity contribution in [2.75, 3.05) is 26.2 Å². The number of carbonyl (C=O) groups excluding carboxylic acids is 2. The Bertz CT molecular complexity index is 880. The van der Waals surface area contributed by atoms with Crippen molar-refractivity contribution >= 4 is 27.5 Å². The van der Waals surface area contributed by atoms with Gasteiger partial charge >= 0.3 is 0 Å². The third kappa shape index (κ3) is 3.58. The van der Waals surface area contributed by atoms with Gasteiger partial charge in [0.15, 0.2) is 0 Å². The van der Waals surface area contributed by atoms with Crippen molar-refractivity contribution in [3.05, 3.63) is 29.8 Å². The lowest BCUT2D eigenvalue weighted by molar-refractivity contribution is -0.125. The van der Waals surface area contributed by atoms with Gasteiger partial charge in [-0.15, -0.1) is 0 Å². The van der Waals surface area contributed by atoms with Crippen LogP contribution in [0.1, 0.15) is 12.8 Å². The molecule has 1 saturated heterocycles. The number of sulfonamides is 1. The van der Waals surface area contributed by atoms with E-state index in [9.17, 15) is 26.8 Å². The van der Waals surface area contributed by atoms with E-state index in [1.165, 1.54) is 4.90 Å². The number of hydrogen-bond acceptors (Lipinski definition) is 5. The van der Waals surface area contributed by atoms with E-state index in [-0.39, 0.29) is 56.5 Å². The Morgan fingerprint density at radius 3 is 2.42 bits per heavy atom. The van der Waals surface area contributed by atoms with Gasteiger partial charge in [0.25, 0.3) is 5.91 Å². The monoisotopic (exact) mass is 386 g/mol. The molecule has 0 saturated carbocycles. The zero-order chi connectivity index (χ0) is 18.9. The topological polar surface area (TPSA) is 99.2 Å². The standard InChI is InChI=1S/C15H16F2N4O4S/c16-10-1-2-11(17)13(9-10)26(24,25)21-7-5-20(6-8-21)15(23)12-3-4-14(22)19-18-12/h1-2,9H,3-8H2,(H,19,22). The largest absolute Gasteiger partial charge is 0.335 e. The zero-order valence-electron chi connectivity index (χ0n) is 13.6. The van der Waals surface area contributed by atoms with Gasteiger partial charge in [0, 0.05) is 39.0 Å². The first-order chi connectivity index (χ1) is 12.3. The highest BCUT2D eigenvalue weighted by Crippen LogP contribution is 2.22. The molecular formula is C15H16F2N4O4S. The molecule has 1 N–H and O–H groups in total. The third-order valence-corrected chi connectivity index (χ3v) is 6.10. The van der Waals surface area contributed by atoms with Gasteiger partial charge in [0.1, 0.15) is 22.2 Å². The summed E-state index contributed by atoms with van der Waals surface area (Å²) in [6, 6.07) is 2.24. The number of nitrogens with one attached hydrogen (secondary N) is 1. The van der Waals surface area contributed by atoms with Gasteiger partial charge in [0.2, 0.25) is 15.9 Å². The Labute approximate surface area is 148 Å². The van der Waals surface area contributed by atoms with Gasteiger partial charge in [0.05, 0.1) is 0 Å². The average molecular weight is 386 g/mol. The number of hydrogen-bond donors (Lipinski definition) is 1. The Kier molecular flexibility index (Phi) is 5.01. The van der Waals surface area contributed by atoms with Crippen molar-refractivity contribution in [3.8, 4) is 0 Å². The molecule has 8 nitrogen and oxygen atoms in total. The van der Waals surface area contributed by atoms with Crippen molar-refractivity contribution in [3.63, 3.8) is 0 Å². The summed E-state index contributed by atoms with van der Waals surface area (Å²) in [4.78, 5) is 24.1. The summed E-state index contributed by atoms with van der Waals surface area (Å²) in [6.45, 7) is 0.0667. The molecule has 11 heteroatoms. The molecule has 0 atom stereocenters. The van der Waals surface area contributed by atoms with Crippen LogP contribution >= 0.6 is 0 Å². The van der Waals surface area contributed by atoms with Crippen molar-refractivity contribution < 1.29 is 26.8 Å². The molecule has 1 aromatic rings. The molecule has 1 fully saturated rings. The molecule has 1 aromatic carbocycles. The molecular weight excluding hydrogens is 370 g/mol. The van der Waals surface area contributed by atoms with Gasteiger partial charge in [-0.2, -0.15) is 9.41 Å². The lowest BCUT2D eigenvalue weighted by atomic mass is 10.1. The van der Waals surface area contributed by atoms with Crippen LogP contribution in [0.3, 0.4) is 0 Å². The molecule has 0 radical (unpaired) electrons. The number of carbonyl (C=O) groups is 2. The van der Waals surface area contributed by atoms with Crippen LogP contribution in [0.25, 0.3) is 0 Å². The quantitative estimate of drug-likeness (QED) is 0.794. The lowest BCUT2D eigenvalue weighted by Crippen LogP contribution is -2.52. The predicted molar refractivity (Wildman–Crippen MR) is 86.5 cm³/mol. The number of piperazine rings is 1. The third-order valence-electron chi connectivity index (χ3n) is 4.19. The van der Waals surface area contributed by atoms with E-state index in [1.54, 1.807) is 0 Å². The van der Waals surface area contributed by atoms with E-state index in [4.69, 9.17) is 0 Å². The van der Waals surface area contributed by atoms with Gasteiger partial charge in [-0.05, 0) is 18.2 Å². The molecule has 0 aliphatic carbocycles. The molecule has 2 amide bonds. The second kappa shape index (κ2) is 7.08. The minimum absolute atomic E-state index is 0.0519. The van der Waals surface area contributed by atoms with Crippen LogP contribution in [-0.4, -0.2) is 61.3 Å². The Balaban J connectivity index is 1.69. The summed E-state index contributed by atoms with van der Waals surface area (Å²) in [6.07, 6.45) is 0.384. The maximum Gasteiger partial charge on any atom is 0.270 e. The highest BCUT2D eigenvalue weighted by molar-refractivity contribution is 7.89. The van der Waals surface area contributed by atoms with Crippen molar-refractivity contribution in [1.82, 2.24) is 14.6 Å². The molecule has 26 heavy (non-hydrogen) atoms. The van der Waals surface area contributed by atoms with Gasteiger partial charge in [-0.1, -0.05) is 0 Å². The maximum atomic E-state index is 13.8. The van der Waals surface area contributed by atoms with Crippen LogP contribution < -0.4 is 5.43 Å².